The number of fused-ring (bicyclic) bond motifs is 2. The molecule has 0 spiro atoms. The molecule has 128 valence electrons. The molecule has 25 heavy (non-hydrogen) atoms. The molecule has 4 rings (SSSR count). The number of carbonyl (C=O) groups is 1. The maximum Gasteiger partial charge on any atom is 0.257 e. The van der Waals surface area contributed by atoms with Gasteiger partial charge < -0.3 is 15.0 Å². The molecule has 5 heteroatoms. The number of carbonyl (C=O) groups excluding carboxylic acids is 1. The molecular weight excluding hydrogens is 336 g/mol. The van der Waals surface area contributed by atoms with Crippen molar-refractivity contribution in [2.24, 2.45) is 0 Å². The fraction of sp³-hybridized carbons (Fsp3) is 0.250. The molecule has 1 amide bonds. The van der Waals surface area contributed by atoms with Crippen LogP contribution in [0.25, 0.3) is 6.08 Å². The van der Waals surface area contributed by atoms with Gasteiger partial charge in [0.1, 0.15) is 18.5 Å². The van der Waals surface area contributed by atoms with Gasteiger partial charge in [0.15, 0.2) is 0 Å². The van der Waals surface area contributed by atoms with Crippen LogP contribution in [0.5, 0.6) is 5.75 Å². The van der Waals surface area contributed by atoms with Crippen molar-refractivity contribution in [2.75, 3.05) is 18.5 Å². The van der Waals surface area contributed by atoms with Crippen LogP contribution in [0.15, 0.2) is 48.0 Å². The van der Waals surface area contributed by atoms with Gasteiger partial charge in [-0.25, -0.2) is 0 Å². The maximum atomic E-state index is 13.0. The molecule has 0 saturated heterocycles. The van der Waals surface area contributed by atoms with Crippen molar-refractivity contribution in [3.63, 3.8) is 0 Å². The zero-order chi connectivity index (χ0) is 17.4. The molecule has 0 aliphatic carbocycles. The van der Waals surface area contributed by atoms with Gasteiger partial charge in [-0.1, -0.05) is 36.7 Å². The lowest BCUT2D eigenvalue weighted by atomic mass is 10.00. The first kappa shape index (κ1) is 16.0. The van der Waals surface area contributed by atoms with Gasteiger partial charge in [0, 0.05) is 22.7 Å². The van der Waals surface area contributed by atoms with Crippen LogP contribution in [-0.2, 0) is 0 Å². The number of ether oxygens (including phenoxy) is 1. The third-order valence-electron chi connectivity index (χ3n) is 4.55. The second-order valence-electron chi connectivity index (χ2n) is 6.28. The smallest absolute Gasteiger partial charge is 0.257 e. The van der Waals surface area contributed by atoms with Gasteiger partial charge in [0.05, 0.1) is 11.3 Å². The molecular formula is C20H19ClN2O2. The Morgan fingerprint density at radius 1 is 1.28 bits per heavy atom. The number of hydrogen-bond acceptors (Lipinski definition) is 3. The van der Waals surface area contributed by atoms with Crippen LogP contribution in [0.4, 0.5) is 5.69 Å². The second kappa shape index (κ2) is 6.45. The Kier molecular flexibility index (Phi) is 4.14. The Labute approximate surface area is 152 Å². The van der Waals surface area contributed by atoms with E-state index in [4.69, 9.17) is 16.3 Å². The molecule has 2 aromatic carbocycles. The summed E-state index contributed by atoms with van der Waals surface area (Å²) in [6.45, 7) is 3.21. The van der Waals surface area contributed by atoms with Gasteiger partial charge in [-0.2, -0.15) is 0 Å². The van der Waals surface area contributed by atoms with Gasteiger partial charge >= 0.3 is 0 Å². The normalized spacial score (nSPS) is 18.6. The highest BCUT2D eigenvalue weighted by Gasteiger charge is 2.34. The van der Waals surface area contributed by atoms with E-state index >= 15 is 0 Å². The fourth-order valence-electron chi connectivity index (χ4n) is 3.38. The average molecular weight is 355 g/mol. The van der Waals surface area contributed by atoms with E-state index in [2.05, 4.69) is 18.3 Å². The van der Waals surface area contributed by atoms with Crippen LogP contribution >= 0.6 is 11.6 Å². The van der Waals surface area contributed by atoms with Crippen molar-refractivity contribution in [2.45, 2.75) is 19.5 Å². The van der Waals surface area contributed by atoms with Gasteiger partial charge in [-0.15, -0.1) is 0 Å². The lowest BCUT2D eigenvalue weighted by molar-refractivity contribution is 0.0703. The van der Waals surface area contributed by atoms with Gasteiger partial charge in [0.25, 0.3) is 5.91 Å². The third kappa shape index (κ3) is 2.87. The number of nitrogens with zero attached hydrogens (tertiary/aromatic N) is 1. The highest BCUT2D eigenvalue weighted by atomic mass is 35.5. The number of nitrogens with one attached hydrogen (secondary N) is 1. The quantitative estimate of drug-likeness (QED) is 0.887. The van der Waals surface area contributed by atoms with E-state index in [1.165, 1.54) is 0 Å². The molecule has 2 aliphatic rings. The molecule has 0 saturated carbocycles. The summed E-state index contributed by atoms with van der Waals surface area (Å²) < 4.78 is 5.89. The molecule has 0 fully saturated rings. The molecule has 0 aromatic heterocycles. The van der Waals surface area contributed by atoms with Crippen LogP contribution in [-0.4, -0.2) is 30.1 Å². The van der Waals surface area contributed by atoms with Crippen LogP contribution in [0, 0.1) is 0 Å². The van der Waals surface area contributed by atoms with Crippen molar-refractivity contribution in [3.05, 3.63) is 64.2 Å². The van der Waals surface area contributed by atoms with E-state index in [9.17, 15) is 4.79 Å². The van der Waals surface area contributed by atoms with Crippen LogP contribution in [0.1, 0.15) is 29.3 Å². The Bertz CT molecular complexity index is 863. The summed E-state index contributed by atoms with van der Waals surface area (Å²) in [4.78, 5) is 14.9. The van der Waals surface area contributed by atoms with Crippen LogP contribution in [0.3, 0.4) is 0 Å². The predicted molar refractivity (Wildman–Crippen MR) is 100 cm³/mol. The Balaban J connectivity index is 1.75. The van der Waals surface area contributed by atoms with E-state index < -0.39 is 0 Å². The van der Waals surface area contributed by atoms with Crippen molar-refractivity contribution >= 4 is 29.3 Å². The summed E-state index contributed by atoms with van der Waals surface area (Å²) in [5, 5.41) is 4.09. The number of hydrogen-bond donors (Lipinski definition) is 1. The minimum Gasteiger partial charge on any atom is -0.488 e. The lowest BCUT2D eigenvalue weighted by Gasteiger charge is -2.40. The topological polar surface area (TPSA) is 41.6 Å². The van der Waals surface area contributed by atoms with E-state index in [0.29, 0.717) is 23.7 Å². The molecule has 1 unspecified atom stereocenters. The zero-order valence-electron chi connectivity index (χ0n) is 14.0. The number of benzene rings is 2. The summed E-state index contributed by atoms with van der Waals surface area (Å²) in [7, 11) is 0. The monoisotopic (exact) mass is 354 g/mol. The maximum absolute atomic E-state index is 13.0. The first-order valence-corrected chi connectivity index (χ1v) is 8.84. The molecule has 2 aromatic rings. The summed E-state index contributed by atoms with van der Waals surface area (Å²) in [6, 6.07) is 13.3. The Morgan fingerprint density at radius 2 is 2.12 bits per heavy atom. The van der Waals surface area contributed by atoms with Crippen LogP contribution < -0.4 is 10.1 Å². The van der Waals surface area contributed by atoms with Crippen molar-refractivity contribution in [1.29, 1.82) is 0 Å². The average Bonchev–Trinajstić information content (AvgIpc) is 2.63. The highest BCUT2D eigenvalue weighted by molar-refractivity contribution is 6.31. The van der Waals surface area contributed by atoms with Crippen LogP contribution in [0.2, 0.25) is 5.02 Å². The molecule has 2 heterocycles. The van der Waals surface area contributed by atoms with E-state index in [-0.39, 0.29) is 12.1 Å². The van der Waals surface area contributed by atoms with E-state index in [0.717, 1.165) is 29.0 Å². The number of anilines is 1. The van der Waals surface area contributed by atoms with Crippen molar-refractivity contribution in [3.8, 4) is 5.75 Å². The standard InChI is InChI=1S/C20H19ClN2O2/c1-2-9-23-19(14-10-13-5-3-4-6-18(13)25-12-14)22-17-11-15(21)7-8-16(17)20(23)24/h3-8,10-11,19,22H,2,9,12H2,1H3. The molecule has 0 radical (unpaired) electrons. The molecule has 4 nitrogen and oxygen atoms in total. The number of halogens is 1. The Hall–Kier alpha value is -2.46. The minimum absolute atomic E-state index is 0.0250. The van der Waals surface area contributed by atoms with Crippen molar-refractivity contribution < 1.29 is 9.53 Å². The predicted octanol–water partition coefficient (Wildman–Crippen LogP) is 4.42. The van der Waals surface area contributed by atoms with Gasteiger partial charge in [0.2, 0.25) is 0 Å². The van der Waals surface area contributed by atoms with Gasteiger partial charge in [-0.05, 0) is 36.8 Å². The summed E-state index contributed by atoms with van der Waals surface area (Å²) in [5.41, 5.74) is 3.50. The number of para-hydroxylation sites is 1. The Morgan fingerprint density at radius 3 is 2.96 bits per heavy atom. The summed E-state index contributed by atoms with van der Waals surface area (Å²) in [5.74, 6) is 0.899. The summed E-state index contributed by atoms with van der Waals surface area (Å²) >= 11 is 6.12. The minimum atomic E-state index is -0.230. The molecule has 2 aliphatic heterocycles. The molecule has 0 bridgehead atoms. The lowest BCUT2D eigenvalue weighted by Crippen LogP contribution is -2.51. The number of amides is 1. The highest BCUT2D eigenvalue weighted by Crippen LogP contribution is 2.34. The van der Waals surface area contributed by atoms with E-state index in [1.54, 1.807) is 12.1 Å². The third-order valence-corrected chi connectivity index (χ3v) is 4.78. The van der Waals surface area contributed by atoms with E-state index in [1.807, 2.05) is 35.2 Å². The first-order chi connectivity index (χ1) is 12.2. The zero-order valence-corrected chi connectivity index (χ0v) is 14.7. The molecule has 1 atom stereocenters. The fourth-order valence-corrected chi connectivity index (χ4v) is 3.55. The number of rotatable bonds is 3. The van der Waals surface area contributed by atoms with Crippen molar-refractivity contribution in [1.82, 2.24) is 4.90 Å². The first-order valence-electron chi connectivity index (χ1n) is 8.46. The SMILES string of the molecule is CCCN1C(=O)c2ccc(Cl)cc2NC1C1=Cc2ccccc2OC1. The second-order valence-corrected chi connectivity index (χ2v) is 6.72. The largest absolute Gasteiger partial charge is 0.488 e. The van der Waals surface area contributed by atoms with Gasteiger partial charge in [-0.3, -0.25) is 4.79 Å². The molecule has 1 N–H and O–H groups in total. The summed E-state index contributed by atoms with van der Waals surface area (Å²) in [6.07, 6.45) is 2.77.